The highest BCUT2D eigenvalue weighted by Gasteiger charge is 2.02. The summed E-state index contributed by atoms with van der Waals surface area (Å²) in [6.45, 7) is 0. The van der Waals surface area contributed by atoms with Crippen LogP contribution in [-0.4, -0.2) is 14.9 Å². The second kappa shape index (κ2) is 9.22. The third-order valence-electron chi connectivity index (χ3n) is 2.72. The lowest BCUT2D eigenvalue weighted by atomic mass is 10.4. The molecule has 0 atom stereocenters. The fraction of sp³-hybridized carbons (Fsp3) is 0. The Morgan fingerprint density at radius 2 is 1.68 bits per heavy atom. The summed E-state index contributed by atoms with van der Waals surface area (Å²) >= 11 is 12.8. The number of pyridine rings is 2. The minimum atomic E-state index is -0.524. The van der Waals surface area contributed by atoms with Gasteiger partial charge in [-0.2, -0.15) is 0 Å². The zero-order valence-corrected chi connectivity index (χ0v) is 15.0. The van der Waals surface area contributed by atoms with Crippen LogP contribution in [0.5, 0.6) is 0 Å². The fourth-order valence-electron chi connectivity index (χ4n) is 1.55. The van der Waals surface area contributed by atoms with E-state index in [1.165, 1.54) is 12.1 Å². The van der Waals surface area contributed by atoms with Gasteiger partial charge in [-0.1, -0.05) is 35.0 Å². The second-order valence-corrected chi connectivity index (χ2v) is 6.50. The monoisotopic (exact) mass is 394 g/mol. The molecule has 0 amide bonds. The molecule has 0 saturated heterocycles. The first-order chi connectivity index (χ1) is 11.9. The smallest absolute Gasteiger partial charge is 0.287 e. The van der Waals surface area contributed by atoms with Gasteiger partial charge in [-0.25, -0.2) is 9.97 Å². The number of halogens is 2. The Labute approximate surface area is 158 Å². The number of nitrogens with two attached hydrogens (primary N) is 1. The molecule has 3 aromatic rings. The van der Waals surface area contributed by atoms with Gasteiger partial charge in [0.1, 0.15) is 16.4 Å². The highest BCUT2D eigenvalue weighted by atomic mass is 35.5. The Bertz CT molecular complexity index is 785. The topological polar surface area (TPSA) is 94.9 Å². The summed E-state index contributed by atoms with van der Waals surface area (Å²) in [6, 6.07) is 14.1. The third kappa shape index (κ3) is 6.58. The first-order valence-corrected chi connectivity index (χ1v) is 8.42. The molecule has 0 radical (unpaired) electrons. The maximum atomic E-state index is 10.0. The molecule has 2 aromatic heterocycles. The van der Waals surface area contributed by atoms with E-state index in [2.05, 4.69) is 9.97 Å². The Balaban J connectivity index is 0.000000196. The molecule has 0 saturated carbocycles. The number of rotatable bonds is 3. The minimum absolute atomic E-state index is 0.0515. The lowest BCUT2D eigenvalue weighted by molar-refractivity contribution is -0.385. The van der Waals surface area contributed by atoms with E-state index in [1.54, 1.807) is 18.0 Å². The first-order valence-electron chi connectivity index (χ1n) is 6.85. The number of aromatic nitrogens is 2. The fourth-order valence-corrected chi connectivity index (χ4v) is 2.54. The Morgan fingerprint density at radius 3 is 2.20 bits per heavy atom. The van der Waals surface area contributed by atoms with Crippen LogP contribution >= 0.6 is 35.0 Å². The van der Waals surface area contributed by atoms with Gasteiger partial charge < -0.3 is 5.73 Å². The van der Waals surface area contributed by atoms with Crippen LogP contribution in [0.25, 0.3) is 0 Å². The van der Waals surface area contributed by atoms with E-state index >= 15 is 0 Å². The zero-order chi connectivity index (χ0) is 18.2. The SMILES string of the molecule is Nc1ccc(Sc2ccc(Cl)cc2)nc1.O=[N+]([O-])c1ccc(Cl)nc1. The van der Waals surface area contributed by atoms with Crippen molar-refractivity contribution in [3.8, 4) is 0 Å². The van der Waals surface area contributed by atoms with Gasteiger partial charge in [0, 0.05) is 16.0 Å². The maximum Gasteiger partial charge on any atom is 0.287 e. The van der Waals surface area contributed by atoms with Gasteiger partial charge in [0.2, 0.25) is 0 Å². The van der Waals surface area contributed by atoms with Crippen LogP contribution in [0.2, 0.25) is 10.2 Å². The predicted octanol–water partition coefficient (Wildman–Crippen LogP) is 5.11. The number of nitro groups is 1. The molecule has 0 aliphatic carbocycles. The van der Waals surface area contributed by atoms with Crippen LogP contribution < -0.4 is 5.73 Å². The molecule has 0 bridgehead atoms. The van der Waals surface area contributed by atoms with Gasteiger partial charge in [0.15, 0.2) is 0 Å². The van der Waals surface area contributed by atoms with Gasteiger partial charge in [0.25, 0.3) is 5.69 Å². The molecule has 0 unspecified atom stereocenters. The number of anilines is 1. The largest absolute Gasteiger partial charge is 0.397 e. The summed E-state index contributed by atoms with van der Waals surface area (Å²) < 4.78 is 0. The number of benzene rings is 1. The summed E-state index contributed by atoms with van der Waals surface area (Å²) in [6.07, 6.45) is 2.76. The molecule has 1 aromatic carbocycles. The van der Waals surface area contributed by atoms with Crippen molar-refractivity contribution in [3.05, 3.63) is 81.2 Å². The van der Waals surface area contributed by atoms with E-state index in [0.29, 0.717) is 5.69 Å². The molecule has 2 N–H and O–H groups in total. The molecule has 0 aliphatic rings. The molecular weight excluding hydrogens is 383 g/mol. The van der Waals surface area contributed by atoms with Crippen molar-refractivity contribution < 1.29 is 4.92 Å². The Hall–Kier alpha value is -2.35. The molecule has 25 heavy (non-hydrogen) atoms. The zero-order valence-electron chi connectivity index (χ0n) is 12.7. The normalized spacial score (nSPS) is 9.84. The van der Waals surface area contributed by atoms with E-state index in [-0.39, 0.29) is 10.8 Å². The van der Waals surface area contributed by atoms with Crippen LogP contribution in [0.1, 0.15) is 0 Å². The highest BCUT2D eigenvalue weighted by molar-refractivity contribution is 7.99. The molecule has 3 rings (SSSR count). The van der Waals surface area contributed by atoms with Crippen LogP contribution in [0.4, 0.5) is 11.4 Å². The van der Waals surface area contributed by atoms with Gasteiger partial charge >= 0.3 is 0 Å². The third-order valence-corrected chi connectivity index (χ3v) is 4.15. The molecule has 9 heteroatoms. The first kappa shape index (κ1) is 19.0. The van der Waals surface area contributed by atoms with Gasteiger partial charge in [0.05, 0.1) is 16.8 Å². The minimum Gasteiger partial charge on any atom is -0.397 e. The van der Waals surface area contributed by atoms with Crippen LogP contribution in [0.15, 0.2) is 70.8 Å². The van der Waals surface area contributed by atoms with Gasteiger partial charge in [-0.3, -0.25) is 10.1 Å². The van der Waals surface area contributed by atoms with Gasteiger partial charge in [-0.15, -0.1) is 0 Å². The number of hydrogen-bond acceptors (Lipinski definition) is 6. The maximum absolute atomic E-state index is 10.0. The van der Waals surface area contributed by atoms with Crippen LogP contribution in [0, 0.1) is 10.1 Å². The van der Waals surface area contributed by atoms with Crippen molar-refractivity contribution in [2.75, 3.05) is 5.73 Å². The van der Waals surface area contributed by atoms with E-state index in [4.69, 9.17) is 28.9 Å². The van der Waals surface area contributed by atoms with Crippen molar-refractivity contribution in [2.24, 2.45) is 0 Å². The molecular formula is C16H12Cl2N4O2S. The summed E-state index contributed by atoms with van der Waals surface area (Å²) in [7, 11) is 0. The van der Waals surface area contributed by atoms with E-state index in [1.807, 2.05) is 36.4 Å². The standard InChI is InChI=1S/C11H9ClN2S.C5H3ClN2O2/c12-8-1-4-10(5-2-8)15-11-6-3-9(13)7-14-11;6-5-2-1-4(3-7-5)8(9)10/h1-7H,13H2;1-3H. The van der Waals surface area contributed by atoms with E-state index in [9.17, 15) is 10.1 Å². The van der Waals surface area contributed by atoms with E-state index < -0.39 is 4.92 Å². The number of hydrogen-bond donors (Lipinski definition) is 1. The van der Waals surface area contributed by atoms with Crippen molar-refractivity contribution in [2.45, 2.75) is 9.92 Å². The Morgan fingerprint density at radius 1 is 0.960 bits per heavy atom. The number of nitrogens with zero attached hydrogens (tertiary/aromatic N) is 3. The van der Waals surface area contributed by atoms with Crippen molar-refractivity contribution in [1.82, 2.24) is 9.97 Å². The van der Waals surface area contributed by atoms with Crippen LogP contribution in [0.3, 0.4) is 0 Å². The van der Waals surface area contributed by atoms with Crippen molar-refractivity contribution in [1.29, 1.82) is 0 Å². The van der Waals surface area contributed by atoms with Crippen LogP contribution in [-0.2, 0) is 0 Å². The van der Waals surface area contributed by atoms with Crippen molar-refractivity contribution >= 4 is 46.3 Å². The van der Waals surface area contributed by atoms with Gasteiger partial charge in [-0.05, 0) is 42.5 Å². The van der Waals surface area contributed by atoms with Crippen molar-refractivity contribution in [3.63, 3.8) is 0 Å². The predicted molar refractivity (Wildman–Crippen MR) is 100 cm³/mol. The molecule has 2 heterocycles. The summed E-state index contributed by atoms with van der Waals surface area (Å²) in [5.41, 5.74) is 6.18. The molecule has 0 aliphatic heterocycles. The quantitative estimate of drug-likeness (QED) is 0.376. The second-order valence-electron chi connectivity index (χ2n) is 4.58. The highest BCUT2D eigenvalue weighted by Crippen LogP contribution is 2.27. The molecule has 128 valence electrons. The lowest BCUT2D eigenvalue weighted by Crippen LogP contribution is -1.87. The molecule has 6 nitrogen and oxygen atoms in total. The Kier molecular flexibility index (Phi) is 7.00. The average Bonchev–Trinajstić information content (AvgIpc) is 2.60. The molecule has 0 spiro atoms. The molecule has 0 fully saturated rings. The van der Waals surface area contributed by atoms with E-state index in [0.717, 1.165) is 21.1 Å². The number of nitrogen functional groups attached to an aromatic ring is 1. The summed E-state index contributed by atoms with van der Waals surface area (Å²) in [5, 5.41) is 12.0. The lowest BCUT2D eigenvalue weighted by Gasteiger charge is -2.00. The summed E-state index contributed by atoms with van der Waals surface area (Å²) in [4.78, 5) is 18.3. The summed E-state index contributed by atoms with van der Waals surface area (Å²) in [5.74, 6) is 0. The average molecular weight is 395 g/mol.